The summed E-state index contributed by atoms with van der Waals surface area (Å²) in [6.45, 7) is 2.83. The van der Waals surface area contributed by atoms with Crippen LogP contribution in [0.3, 0.4) is 0 Å². The third-order valence-corrected chi connectivity index (χ3v) is 1.97. The molecule has 1 aromatic rings. The lowest BCUT2D eigenvalue weighted by Crippen LogP contribution is -2.16. The van der Waals surface area contributed by atoms with Crippen LogP contribution in [0.4, 0.5) is 5.82 Å². The second-order valence-corrected chi connectivity index (χ2v) is 2.98. The Balaban J connectivity index is 2.78. The van der Waals surface area contributed by atoms with E-state index in [1.54, 1.807) is 6.07 Å². The van der Waals surface area contributed by atoms with Crippen molar-refractivity contribution < 1.29 is 14.7 Å². The minimum Gasteiger partial charge on any atom is -0.478 e. The summed E-state index contributed by atoms with van der Waals surface area (Å²) in [5.74, 6) is -1.14. The summed E-state index contributed by atoms with van der Waals surface area (Å²) >= 11 is 0. The Kier molecular flexibility index (Phi) is 3.22. The van der Waals surface area contributed by atoms with Crippen molar-refractivity contribution in [3.63, 3.8) is 0 Å². The van der Waals surface area contributed by atoms with Crippen LogP contribution in [0.2, 0.25) is 0 Å². The van der Waals surface area contributed by atoms with Crippen LogP contribution in [0.25, 0.3) is 0 Å². The van der Waals surface area contributed by atoms with Gasteiger partial charge in [0.2, 0.25) is 0 Å². The van der Waals surface area contributed by atoms with E-state index in [2.05, 4.69) is 15.5 Å². The van der Waals surface area contributed by atoms with Gasteiger partial charge in [0.1, 0.15) is 5.82 Å². The van der Waals surface area contributed by atoms with E-state index in [1.165, 1.54) is 20.0 Å². The van der Waals surface area contributed by atoms with Crippen molar-refractivity contribution in [2.75, 3.05) is 5.32 Å². The van der Waals surface area contributed by atoms with E-state index >= 15 is 0 Å². The second kappa shape index (κ2) is 4.41. The predicted octanol–water partition coefficient (Wildman–Crippen LogP) is 0.769. The average molecular weight is 209 g/mol. The highest BCUT2D eigenvalue weighted by molar-refractivity contribution is 6.07. The quantitative estimate of drug-likeness (QED) is 0.640. The SMILES string of the molecule is CC(C(=O)O)=C(C)C(=O)Nc1ccn[nH]1. The molecular weight excluding hydrogens is 198 g/mol. The first-order valence-corrected chi connectivity index (χ1v) is 4.24. The van der Waals surface area contributed by atoms with Crippen molar-refractivity contribution in [1.29, 1.82) is 0 Å². The standard InChI is InChI=1S/C9H11N3O3/c1-5(6(2)9(14)15)8(13)11-7-3-4-10-12-7/h3-4H,1-2H3,(H,14,15)(H2,10,11,12,13). The zero-order valence-corrected chi connectivity index (χ0v) is 8.37. The fraction of sp³-hybridized carbons (Fsp3) is 0.222. The third kappa shape index (κ3) is 2.67. The maximum Gasteiger partial charge on any atom is 0.331 e. The number of hydrogen-bond acceptors (Lipinski definition) is 3. The summed E-state index contributed by atoms with van der Waals surface area (Å²) in [7, 11) is 0. The van der Waals surface area contributed by atoms with Crippen molar-refractivity contribution in [1.82, 2.24) is 10.2 Å². The molecule has 0 aliphatic heterocycles. The van der Waals surface area contributed by atoms with Crippen molar-refractivity contribution >= 4 is 17.7 Å². The maximum absolute atomic E-state index is 11.5. The molecule has 0 aromatic carbocycles. The molecule has 0 fully saturated rings. The number of nitrogens with zero attached hydrogens (tertiary/aromatic N) is 1. The van der Waals surface area contributed by atoms with E-state index in [0.717, 1.165) is 0 Å². The van der Waals surface area contributed by atoms with E-state index < -0.39 is 11.9 Å². The minimum absolute atomic E-state index is 0.0204. The minimum atomic E-state index is -1.10. The first-order chi connectivity index (χ1) is 7.02. The zero-order chi connectivity index (χ0) is 11.4. The van der Waals surface area contributed by atoms with Gasteiger partial charge in [0, 0.05) is 17.2 Å². The van der Waals surface area contributed by atoms with Crippen LogP contribution in [-0.2, 0) is 9.59 Å². The van der Waals surface area contributed by atoms with Crippen LogP contribution in [0.1, 0.15) is 13.8 Å². The molecule has 0 radical (unpaired) electrons. The number of carboxylic acids is 1. The topological polar surface area (TPSA) is 95.1 Å². The molecule has 1 rings (SSSR count). The molecule has 80 valence electrons. The number of hydrogen-bond donors (Lipinski definition) is 3. The monoisotopic (exact) mass is 209 g/mol. The molecule has 1 amide bonds. The maximum atomic E-state index is 11.5. The molecule has 0 unspecified atom stereocenters. The molecule has 6 heteroatoms. The first kappa shape index (κ1) is 11.0. The zero-order valence-electron chi connectivity index (χ0n) is 8.37. The lowest BCUT2D eigenvalue weighted by molar-refractivity contribution is -0.133. The van der Waals surface area contributed by atoms with E-state index in [1.807, 2.05) is 0 Å². The van der Waals surface area contributed by atoms with Gasteiger partial charge in [0.25, 0.3) is 5.91 Å². The molecule has 0 aliphatic carbocycles. The van der Waals surface area contributed by atoms with Crippen molar-refractivity contribution in [2.24, 2.45) is 0 Å². The van der Waals surface area contributed by atoms with Gasteiger partial charge in [-0.1, -0.05) is 0 Å². The summed E-state index contributed by atoms with van der Waals surface area (Å²) in [6.07, 6.45) is 1.48. The number of anilines is 1. The fourth-order valence-electron chi connectivity index (χ4n) is 0.872. The number of aromatic nitrogens is 2. The van der Waals surface area contributed by atoms with Gasteiger partial charge in [-0.3, -0.25) is 9.89 Å². The molecule has 1 heterocycles. The molecule has 0 atom stereocenters. The molecule has 15 heavy (non-hydrogen) atoms. The first-order valence-electron chi connectivity index (χ1n) is 4.24. The number of rotatable bonds is 3. The van der Waals surface area contributed by atoms with Gasteiger partial charge >= 0.3 is 5.97 Å². The number of amides is 1. The number of carboxylic acid groups (broad SMARTS) is 1. The van der Waals surface area contributed by atoms with Gasteiger partial charge in [0.15, 0.2) is 0 Å². The Labute approximate surface area is 86.0 Å². The molecule has 3 N–H and O–H groups in total. The Morgan fingerprint density at radius 2 is 2.07 bits per heavy atom. The summed E-state index contributed by atoms with van der Waals surface area (Å²) in [6, 6.07) is 1.57. The lowest BCUT2D eigenvalue weighted by atomic mass is 10.1. The van der Waals surface area contributed by atoms with Gasteiger partial charge in [-0.25, -0.2) is 4.79 Å². The smallest absolute Gasteiger partial charge is 0.331 e. The van der Waals surface area contributed by atoms with Crippen molar-refractivity contribution in [3.05, 3.63) is 23.4 Å². The fourth-order valence-corrected chi connectivity index (χ4v) is 0.872. The highest BCUT2D eigenvalue weighted by Gasteiger charge is 2.12. The van der Waals surface area contributed by atoms with Gasteiger partial charge in [-0.05, 0) is 13.8 Å². The van der Waals surface area contributed by atoms with Gasteiger partial charge in [-0.15, -0.1) is 0 Å². The normalized spacial score (nSPS) is 11.9. The Morgan fingerprint density at radius 1 is 1.40 bits per heavy atom. The number of aromatic amines is 1. The highest BCUT2D eigenvalue weighted by atomic mass is 16.4. The number of aliphatic carboxylic acids is 1. The Morgan fingerprint density at radius 3 is 2.53 bits per heavy atom. The molecule has 0 spiro atoms. The molecular formula is C9H11N3O3. The van der Waals surface area contributed by atoms with Crippen LogP contribution in [0, 0.1) is 0 Å². The Bertz CT molecular complexity index is 406. The van der Waals surface area contributed by atoms with Gasteiger partial charge in [-0.2, -0.15) is 5.10 Å². The van der Waals surface area contributed by atoms with Gasteiger partial charge < -0.3 is 10.4 Å². The van der Waals surface area contributed by atoms with Crippen molar-refractivity contribution in [2.45, 2.75) is 13.8 Å². The van der Waals surface area contributed by atoms with Crippen LogP contribution in [-0.4, -0.2) is 27.2 Å². The molecule has 1 aromatic heterocycles. The van der Waals surface area contributed by atoms with Crippen LogP contribution < -0.4 is 5.32 Å². The third-order valence-electron chi connectivity index (χ3n) is 1.97. The summed E-state index contributed by atoms with van der Waals surface area (Å²) in [4.78, 5) is 22.1. The number of carbonyl (C=O) groups excluding carboxylic acids is 1. The molecule has 0 saturated heterocycles. The predicted molar refractivity (Wildman–Crippen MR) is 53.2 cm³/mol. The van der Waals surface area contributed by atoms with Crippen LogP contribution in [0.5, 0.6) is 0 Å². The largest absolute Gasteiger partial charge is 0.478 e. The van der Waals surface area contributed by atoms with E-state index in [-0.39, 0.29) is 11.1 Å². The van der Waals surface area contributed by atoms with Crippen LogP contribution in [0.15, 0.2) is 23.4 Å². The average Bonchev–Trinajstić information content (AvgIpc) is 2.67. The molecule has 0 aliphatic rings. The molecule has 0 bridgehead atoms. The number of carbonyl (C=O) groups is 2. The summed E-state index contributed by atoms with van der Waals surface area (Å²) in [5, 5.41) is 17.3. The number of nitrogens with one attached hydrogen (secondary N) is 2. The summed E-state index contributed by atoms with van der Waals surface area (Å²) in [5.41, 5.74) is 0.184. The summed E-state index contributed by atoms with van der Waals surface area (Å²) < 4.78 is 0. The lowest BCUT2D eigenvalue weighted by Gasteiger charge is -2.04. The van der Waals surface area contributed by atoms with Crippen LogP contribution >= 0.6 is 0 Å². The van der Waals surface area contributed by atoms with Crippen molar-refractivity contribution in [3.8, 4) is 0 Å². The van der Waals surface area contributed by atoms with Gasteiger partial charge in [0.05, 0.1) is 6.20 Å². The van der Waals surface area contributed by atoms with E-state index in [9.17, 15) is 9.59 Å². The Hall–Kier alpha value is -2.11. The highest BCUT2D eigenvalue weighted by Crippen LogP contribution is 2.07. The van der Waals surface area contributed by atoms with E-state index in [0.29, 0.717) is 5.82 Å². The molecule has 0 saturated carbocycles. The second-order valence-electron chi connectivity index (χ2n) is 2.98. The van der Waals surface area contributed by atoms with E-state index in [4.69, 9.17) is 5.11 Å². The molecule has 6 nitrogen and oxygen atoms in total. The number of H-pyrrole nitrogens is 1.